The number of amides is 1. The molecule has 0 unspecified atom stereocenters. The molecule has 4 nitrogen and oxygen atoms in total. The molecule has 1 aromatic heterocycles. The molecule has 0 atom stereocenters. The molecule has 66 valence electrons. The average molecular weight is 167 g/mol. The zero-order chi connectivity index (χ0) is 9.14. The SMILES string of the molecule is Cc1[nH]ncc1NC(=O)C(C)C. The summed E-state index contributed by atoms with van der Waals surface area (Å²) in [6, 6.07) is 0. The standard InChI is InChI=1S/C8H13N3O/c1-5(2)8(12)10-7-4-9-11-6(7)3/h4-5H,1-3H3,(H,9,11)(H,10,12). The lowest BCUT2D eigenvalue weighted by Gasteiger charge is -2.05. The lowest BCUT2D eigenvalue weighted by atomic mass is 10.2. The van der Waals surface area contributed by atoms with Crippen molar-refractivity contribution in [3.63, 3.8) is 0 Å². The van der Waals surface area contributed by atoms with Gasteiger partial charge in [-0.3, -0.25) is 9.89 Å². The monoisotopic (exact) mass is 167 g/mol. The van der Waals surface area contributed by atoms with Gasteiger partial charge in [0.05, 0.1) is 17.6 Å². The largest absolute Gasteiger partial charge is 0.323 e. The highest BCUT2D eigenvalue weighted by Gasteiger charge is 2.08. The van der Waals surface area contributed by atoms with Crippen LogP contribution in [-0.2, 0) is 4.79 Å². The summed E-state index contributed by atoms with van der Waals surface area (Å²) in [5.74, 6) is 0.0128. The summed E-state index contributed by atoms with van der Waals surface area (Å²) >= 11 is 0. The molecule has 12 heavy (non-hydrogen) atoms. The predicted molar refractivity (Wildman–Crippen MR) is 46.8 cm³/mol. The molecule has 4 heteroatoms. The van der Waals surface area contributed by atoms with E-state index in [1.807, 2.05) is 20.8 Å². The van der Waals surface area contributed by atoms with Crippen molar-refractivity contribution in [1.82, 2.24) is 10.2 Å². The molecule has 2 N–H and O–H groups in total. The van der Waals surface area contributed by atoms with Gasteiger partial charge in [0.2, 0.25) is 5.91 Å². The van der Waals surface area contributed by atoms with Crippen LogP contribution in [0.1, 0.15) is 19.5 Å². The van der Waals surface area contributed by atoms with E-state index in [9.17, 15) is 4.79 Å². The highest BCUT2D eigenvalue weighted by atomic mass is 16.1. The average Bonchev–Trinajstić information content (AvgIpc) is 2.36. The van der Waals surface area contributed by atoms with Crippen molar-refractivity contribution in [2.45, 2.75) is 20.8 Å². The van der Waals surface area contributed by atoms with Gasteiger partial charge < -0.3 is 5.32 Å². The summed E-state index contributed by atoms with van der Waals surface area (Å²) in [5, 5.41) is 9.30. The van der Waals surface area contributed by atoms with Gasteiger partial charge in [-0.1, -0.05) is 13.8 Å². The number of aryl methyl sites for hydroxylation is 1. The van der Waals surface area contributed by atoms with Crippen molar-refractivity contribution < 1.29 is 4.79 Å². The number of nitrogens with zero attached hydrogens (tertiary/aromatic N) is 1. The molecule has 1 rings (SSSR count). The minimum Gasteiger partial charge on any atom is -0.323 e. The molecular weight excluding hydrogens is 154 g/mol. The van der Waals surface area contributed by atoms with Crippen LogP contribution in [0.5, 0.6) is 0 Å². The molecule has 0 aliphatic rings. The van der Waals surface area contributed by atoms with E-state index in [0.29, 0.717) is 0 Å². The third-order valence-corrected chi connectivity index (χ3v) is 1.61. The van der Waals surface area contributed by atoms with Crippen molar-refractivity contribution >= 4 is 11.6 Å². The van der Waals surface area contributed by atoms with E-state index < -0.39 is 0 Å². The van der Waals surface area contributed by atoms with E-state index >= 15 is 0 Å². The van der Waals surface area contributed by atoms with E-state index in [1.54, 1.807) is 6.20 Å². The van der Waals surface area contributed by atoms with E-state index in [4.69, 9.17) is 0 Å². The maximum Gasteiger partial charge on any atom is 0.227 e. The smallest absolute Gasteiger partial charge is 0.227 e. The zero-order valence-electron chi connectivity index (χ0n) is 7.51. The van der Waals surface area contributed by atoms with Crippen LogP contribution < -0.4 is 5.32 Å². The lowest BCUT2D eigenvalue weighted by molar-refractivity contribution is -0.118. The van der Waals surface area contributed by atoms with Gasteiger partial charge in [-0.15, -0.1) is 0 Å². The Morgan fingerprint density at radius 1 is 1.67 bits per heavy atom. The fraction of sp³-hybridized carbons (Fsp3) is 0.500. The minimum atomic E-state index is -0.000648. The number of nitrogens with one attached hydrogen (secondary N) is 2. The van der Waals surface area contributed by atoms with Gasteiger partial charge in [-0.2, -0.15) is 5.10 Å². The molecule has 0 aliphatic carbocycles. The number of aromatic amines is 1. The summed E-state index contributed by atoms with van der Waals surface area (Å²) in [4.78, 5) is 11.2. The quantitative estimate of drug-likeness (QED) is 0.697. The normalized spacial score (nSPS) is 10.3. The van der Waals surface area contributed by atoms with Gasteiger partial charge in [0.25, 0.3) is 0 Å². The number of carbonyl (C=O) groups excluding carboxylic acids is 1. The van der Waals surface area contributed by atoms with E-state index in [-0.39, 0.29) is 11.8 Å². The zero-order valence-corrected chi connectivity index (χ0v) is 7.51. The van der Waals surface area contributed by atoms with Crippen LogP contribution in [-0.4, -0.2) is 16.1 Å². The lowest BCUT2D eigenvalue weighted by Crippen LogP contribution is -2.17. The number of rotatable bonds is 2. The van der Waals surface area contributed by atoms with Gasteiger partial charge in [-0.05, 0) is 6.92 Å². The fourth-order valence-electron chi connectivity index (χ4n) is 0.754. The second-order valence-electron chi connectivity index (χ2n) is 3.05. The van der Waals surface area contributed by atoms with Gasteiger partial charge >= 0.3 is 0 Å². The fourth-order valence-corrected chi connectivity index (χ4v) is 0.754. The number of carbonyl (C=O) groups is 1. The van der Waals surface area contributed by atoms with Crippen molar-refractivity contribution in [3.05, 3.63) is 11.9 Å². The third-order valence-electron chi connectivity index (χ3n) is 1.61. The maximum absolute atomic E-state index is 11.2. The van der Waals surface area contributed by atoms with Gasteiger partial charge in [0, 0.05) is 5.92 Å². The Morgan fingerprint density at radius 2 is 2.33 bits per heavy atom. The molecule has 0 aliphatic heterocycles. The molecule has 0 saturated carbocycles. The Kier molecular flexibility index (Phi) is 2.47. The predicted octanol–water partition coefficient (Wildman–Crippen LogP) is 1.31. The van der Waals surface area contributed by atoms with Crippen molar-refractivity contribution in [2.75, 3.05) is 5.32 Å². The first-order chi connectivity index (χ1) is 5.61. The van der Waals surface area contributed by atoms with E-state index in [0.717, 1.165) is 11.4 Å². The van der Waals surface area contributed by atoms with Gasteiger partial charge in [0.1, 0.15) is 0 Å². The van der Waals surface area contributed by atoms with E-state index in [1.165, 1.54) is 0 Å². The van der Waals surface area contributed by atoms with Crippen LogP contribution in [0.4, 0.5) is 5.69 Å². The Labute approximate surface area is 71.4 Å². The summed E-state index contributed by atoms with van der Waals surface area (Å²) in [6.07, 6.45) is 1.61. The highest BCUT2D eigenvalue weighted by Crippen LogP contribution is 2.10. The van der Waals surface area contributed by atoms with Crippen LogP contribution in [0.3, 0.4) is 0 Å². The Bertz CT molecular complexity index is 278. The van der Waals surface area contributed by atoms with Crippen LogP contribution in [0.15, 0.2) is 6.20 Å². The van der Waals surface area contributed by atoms with Gasteiger partial charge in [0.15, 0.2) is 0 Å². The second kappa shape index (κ2) is 3.38. The summed E-state index contributed by atoms with van der Waals surface area (Å²) in [6.45, 7) is 5.57. The molecule has 0 fully saturated rings. The molecule has 1 aromatic rings. The Morgan fingerprint density at radius 3 is 2.75 bits per heavy atom. The van der Waals surface area contributed by atoms with Crippen LogP contribution in [0, 0.1) is 12.8 Å². The first-order valence-corrected chi connectivity index (χ1v) is 3.92. The molecule has 0 bridgehead atoms. The van der Waals surface area contributed by atoms with E-state index in [2.05, 4.69) is 15.5 Å². The Hall–Kier alpha value is -1.32. The first kappa shape index (κ1) is 8.77. The molecule has 1 amide bonds. The second-order valence-corrected chi connectivity index (χ2v) is 3.05. The highest BCUT2D eigenvalue weighted by molar-refractivity contribution is 5.92. The molecule has 0 spiro atoms. The molecule has 1 heterocycles. The third kappa shape index (κ3) is 1.84. The molecule has 0 saturated heterocycles. The number of hydrogen-bond donors (Lipinski definition) is 2. The number of anilines is 1. The minimum absolute atomic E-state index is 0.000648. The topological polar surface area (TPSA) is 57.8 Å². The maximum atomic E-state index is 11.2. The van der Waals surface area contributed by atoms with Gasteiger partial charge in [-0.25, -0.2) is 0 Å². The molecular formula is C8H13N3O. The molecule has 0 aromatic carbocycles. The number of H-pyrrole nitrogens is 1. The first-order valence-electron chi connectivity index (χ1n) is 3.92. The van der Waals surface area contributed by atoms with Crippen molar-refractivity contribution in [2.24, 2.45) is 5.92 Å². The Balaban J connectivity index is 2.64. The summed E-state index contributed by atoms with van der Waals surface area (Å²) < 4.78 is 0. The van der Waals surface area contributed by atoms with Crippen molar-refractivity contribution in [3.8, 4) is 0 Å². The summed E-state index contributed by atoms with van der Waals surface area (Å²) in [7, 11) is 0. The van der Waals surface area contributed by atoms with Crippen molar-refractivity contribution in [1.29, 1.82) is 0 Å². The van der Waals surface area contributed by atoms with Crippen LogP contribution in [0.25, 0.3) is 0 Å². The number of hydrogen-bond acceptors (Lipinski definition) is 2. The van der Waals surface area contributed by atoms with Crippen LogP contribution >= 0.6 is 0 Å². The molecule has 0 radical (unpaired) electrons. The van der Waals surface area contributed by atoms with Crippen LogP contribution in [0.2, 0.25) is 0 Å². The summed E-state index contributed by atoms with van der Waals surface area (Å²) in [5.41, 5.74) is 1.64. The number of aromatic nitrogens is 2.